The molecule has 0 aromatic carbocycles. The molecular weight excluding hydrogens is 352 g/mol. The number of rotatable bonds is 3. The van der Waals surface area contributed by atoms with Gasteiger partial charge in [-0.05, 0) is 87.2 Å². The Kier molecular flexibility index (Phi) is 4.12. The van der Waals surface area contributed by atoms with Crippen molar-refractivity contribution in [3.63, 3.8) is 0 Å². The van der Waals surface area contributed by atoms with E-state index in [4.69, 9.17) is 9.15 Å². The Morgan fingerprint density at radius 2 is 1.57 bits per heavy atom. The van der Waals surface area contributed by atoms with Gasteiger partial charge in [-0.25, -0.2) is 4.79 Å². The van der Waals surface area contributed by atoms with Gasteiger partial charge in [-0.2, -0.15) is 0 Å². The zero-order valence-electron chi connectivity index (χ0n) is 17.3. The van der Waals surface area contributed by atoms with Crippen molar-refractivity contribution in [2.75, 3.05) is 0 Å². The van der Waals surface area contributed by atoms with Crippen molar-refractivity contribution in [3.05, 3.63) is 34.3 Å². The molecule has 150 valence electrons. The van der Waals surface area contributed by atoms with Crippen LogP contribution in [0.3, 0.4) is 0 Å². The summed E-state index contributed by atoms with van der Waals surface area (Å²) in [5.41, 5.74) is 3.05. The minimum absolute atomic E-state index is 0.0870. The number of hydrogen-bond acceptors (Lipinski definition) is 4. The molecule has 1 aromatic rings. The number of aryl methyl sites for hydroxylation is 2. The van der Waals surface area contributed by atoms with Gasteiger partial charge in [0, 0.05) is 5.92 Å². The summed E-state index contributed by atoms with van der Waals surface area (Å²) < 4.78 is 11.1. The summed E-state index contributed by atoms with van der Waals surface area (Å²) in [4.78, 5) is 25.9. The number of cyclic esters (lactones) is 2. The first-order valence-corrected chi connectivity index (χ1v) is 10.9. The number of esters is 2. The fraction of sp³-hybridized carbons (Fsp3) is 0.667. The van der Waals surface area contributed by atoms with Gasteiger partial charge in [0.1, 0.15) is 11.5 Å². The molecule has 0 amide bonds. The zero-order valence-corrected chi connectivity index (χ0v) is 17.3. The molecule has 4 bridgehead atoms. The summed E-state index contributed by atoms with van der Waals surface area (Å²) in [6.45, 7) is 8.14. The van der Waals surface area contributed by atoms with E-state index in [-0.39, 0.29) is 23.8 Å². The molecule has 2 atom stereocenters. The molecule has 5 aliphatic rings. The van der Waals surface area contributed by atoms with Crippen molar-refractivity contribution in [3.8, 4) is 0 Å². The number of hydrogen-bond donors (Lipinski definition) is 0. The van der Waals surface area contributed by atoms with Crippen molar-refractivity contribution in [2.45, 2.75) is 65.7 Å². The lowest BCUT2D eigenvalue weighted by Crippen LogP contribution is -2.42. The monoisotopic (exact) mass is 382 g/mol. The van der Waals surface area contributed by atoms with Crippen molar-refractivity contribution in [2.24, 2.45) is 35.5 Å². The highest BCUT2D eigenvalue weighted by atomic mass is 16.6. The Bertz CT molecular complexity index is 841. The van der Waals surface area contributed by atoms with E-state index in [0.717, 1.165) is 34.5 Å². The van der Waals surface area contributed by atoms with Crippen molar-refractivity contribution >= 4 is 11.9 Å². The predicted octanol–water partition coefficient (Wildman–Crippen LogP) is 5.09. The first kappa shape index (κ1) is 18.2. The number of carbonyl (C=O) groups excluding carboxylic acids is 2. The molecule has 1 aliphatic heterocycles. The van der Waals surface area contributed by atoms with E-state index in [2.05, 4.69) is 13.8 Å². The molecule has 4 saturated carbocycles. The van der Waals surface area contributed by atoms with E-state index in [0.29, 0.717) is 11.8 Å². The molecule has 5 fully saturated rings. The average Bonchev–Trinajstić information content (AvgIpc) is 3.06. The lowest BCUT2D eigenvalue weighted by atomic mass is 9.53. The summed E-state index contributed by atoms with van der Waals surface area (Å²) >= 11 is 0. The normalized spacial score (nSPS) is 35.2. The van der Waals surface area contributed by atoms with Crippen molar-refractivity contribution < 1.29 is 18.7 Å². The highest BCUT2D eigenvalue weighted by Gasteiger charge is 2.53. The zero-order chi connectivity index (χ0) is 19.7. The molecule has 0 N–H and O–H groups in total. The summed E-state index contributed by atoms with van der Waals surface area (Å²) in [6, 6.07) is 2.04. The molecule has 28 heavy (non-hydrogen) atoms. The fourth-order valence-corrected chi connectivity index (χ4v) is 7.11. The van der Waals surface area contributed by atoms with Crippen LogP contribution in [0, 0.1) is 49.4 Å². The molecule has 4 aliphatic carbocycles. The largest absolute Gasteiger partial charge is 0.466 e. The third kappa shape index (κ3) is 2.63. The Morgan fingerprint density at radius 1 is 0.964 bits per heavy atom. The van der Waals surface area contributed by atoms with Crippen LogP contribution in [0.25, 0.3) is 0 Å². The van der Waals surface area contributed by atoms with Gasteiger partial charge in [0.05, 0.1) is 11.5 Å². The van der Waals surface area contributed by atoms with Crippen LogP contribution in [0.1, 0.15) is 69.0 Å². The van der Waals surface area contributed by atoms with Gasteiger partial charge < -0.3 is 9.15 Å². The fourth-order valence-electron chi connectivity index (χ4n) is 7.11. The highest BCUT2D eigenvalue weighted by Crippen LogP contribution is 2.59. The topological polar surface area (TPSA) is 56.5 Å². The van der Waals surface area contributed by atoms with E-state index in [1.54, 1.807) is 0 Å². The lowest BCUT2D eigenvalue weighted by molar-refractivity contribution is -0.153. The average molecular weight is 383 g/mol. The second-order valence-corrected chi connectivity index (χ2v) is 10.00. The van der Waals surface area contributed by atoms with Crippen LogP contribution in [-0.4, -0.2) is 11.9 Å². The van der Waals surface area contributed by atoms with Gasteiger partial charge in [0.25, 0.3) is 0 Å². The van der Waals surface area contributed by atoms with Gasteiger partial charge >= 0.3 is 11.9 Å². The molecule has 1 aromatic heterocycles. The lowest BCUT2D eigenvalue weighted by Gasteiger charge is -2.52. The van der Waals surface area contributed by atoms with Crippen molar-refractivity contribution in [1.82, 2.24) is 0 Å². The van der Waals surface area contributed by atoms with Crippen LogP contribution in [-0.2, 0) is 14.3 Å². The quantitative estimate of drug-likeness (QED) is 0.415. The van der Waals surface area contributed by atoms with Gasteiger partial charge in [-0.15, -0.1) is 0 Å². The SMILES string of the molecule is Cc1cc(C(C(C)C)C2C(=O)OC(=O)C2=C2C3CC4CC(C3)CC2C4)c(C)o1. The molecule has 0 spiro atoms. The van der Waals surface area contributed by atoms with Gasteiger partial charge in [-0.3, -0.25) is 4.79 Å². The van der Waals surface area contributed by atoms with Crippen LogP contribution in [0.4, 0.5) is 0 Å². The molecule has 4 heteroatoms. The highest BCUT2D eigenvalue weighted by molar-refractivity contribution is 6.08. The van der Waals surface area contributed by atoms with Crippen molar-refractivity contribution in [1.29, 1.82) is 0 Å². The molecule has 4 nitrogen and oxygen atoms in total. The van der Waals surface area contributed by atoms with Gasteiger partial charge in [0.15, 0.2) is 0 Å². The smallest absolute Gasteiger partial charge is 0.342 e. The van der Waals surface area contributed by atoms with Crippen LogP contribution in [0.5, 0.6) is 0 Å². The summed E-state index contributed by atoms with van der Waals surface area (Å²) in [5.74, 6) is 3.17. The first-order chi connectivity index (χ1) is 13.3. The third-order valence-electron chi connectivity index (χ3n) is 7.82. The van der Waals surface area contributed by atoms with Gasteiger partial charge in [0.2, 0.25) is 0 Å². The van der Waals surface area contributed by atoms with E-state index >= 15 is 0 Å². The number of carbonyl (C=O) groups is 2. The van der Waals surface area contributed by atoms with Gasteiger partial charge in [-0.1, -0.05) is 19.4 Å². The molecule has 2 heterocycles. The maximum atomic E-state index is 13.0. The van der Waals surface area contributed by atoms with Crippen LogP contribution >= 0.6 is 0 Å². The Hall–Kier alpha value is -1.84. The third-order valence-corrected chi connectivity index (χ3v) is 7.82. The molecule has 0 radical (unpaired) electrons. The second kappa shape index (κ2) is 6.33. The maximum absolute atomic E-state index is 13.0. The number of allylic oxidation sites excluding steroid dienone is 1. The van der Waals surface area contributed by atoms with E-state index < -0.39 is 5.92 Å². The Morgan fingerprint density at radius 3 is 2.07 bits per heavy atom. The molecular formula is C24H30O4. The minimum Gasteiger partial charge on any atom is -0.466 e. The van der Waals surface area contributed by atoms with E-state index in [1.165, 1.54) is 37.7 Å². The molecule has 2 unspecified atom stereocenters. The molecule has 6 rings (SSSR count). The maximum Gasteiger partial charge on any atom is 0.342 e. The van der Waals surface area contributed by atoms with Crippen LogP contribution in [0.2, 0.25) is 0 Å². The standard InChI is InChI=1S/C24H30O4/c1-11(2)19(18-5-12(3)27-13(18)4)21-22(24(26)28-23(21)25)20-16-7-14-6-15(9-16)10-17(20)8-14/h5,11,14-17,19,21H,6-10H2,1-4H3. The predicted molar refractivity (Wildman–Crippen MR) is 104 cm³/mol. The Labute approximate surface area is 166 Å². The van der Waals surface area contributed by atoms with E-state index in [1.807, 2.05) is 19.9 Å². The second-order valence-electron chi connectivity index (χ2n) is 10.00. The number of ether oxygens (including phenoxy) is 1. The van der Waals surface area contributed by atoms with E-state index in [9.17, 15) is 9.59 Å². The first-order valence-electron chi connectivity index (χ1n) is 10.9. The van der Waals surface area contributed by atoms with Crippen LogP contribution in [0.15, 0.2) is 21.6 Å². The summed E-state index contributed by atoms with van der Waals surface area (Å²) in [5, 5.41) is 0. The minimum atomic E-state index is -0.490. The summed E-state index contributed by atoms with van der Waals surface area (Å²) in [6.07, 6.45) is 6.13. The summed E-state index contributed by atoms with van der Waals surface area (Å²) in [7, 11) is 0. The van der Waals surface area contributed by atoms with Crippen LogP contribution < -0.4 is 0 Å². The number of furan rings is 1. The Balaban J connectivity index is 1.64. The molecule has 1 saturated heterocycles.